The first-order valence-corrected chi connectivity index (χ1v) is 8.70. The predicted octanol–water partition coefficient (Wildman–Crippen LogP) is 3.05. The Labute approximate surface area is 125 Å². The summed E-state index contributed by atoms with van der Waals surface area (Å²) in [5, 5.41) is 7.44. The molecule has 0 saturated heterocycles. The molecule has 7 heteroatoms. The van der Waals surface area contributed by atoms with Crippen LogP contribution in [0.25, 0.3) is 5.69 Å². The highest BCUT2D eigenvalue weighted by atomic mass is 32.2. The van der Waals surface area contributed by atoms with Gasteiger partial charge in [0.1, 0.15) is 11.5 Å². The third-order valence-electron chi connectivity index (χ3n) is 2.94. The molecule has 0 aliphatic heterocycles. The zero-order valence-corrected chi connectivity index (χ0v) is 12.4. The van der Waals surface area contributed by atoms with Gasteiger partial charge in [0.25, 0.3) is 0 Å². The molecular weight excluding hydrogens is 311 g/mol. The second-order valence-corrected chi connectivity index (χ2v) is 7.19. The van der Waals surface area contributed by atoms with E-state index in [1.165, 1.54) is 22.1 Å². The number of thiophene rings is 1. The van der Waals surface area contributed by atoms with E-state index in [4.69, 9.17) is 0 Å². The van der Waals surface area contributed by atoms with Gasteiger partial charge in [-0.3, -0.25) is 0 Å². The molecule has 108 valence electrons. The van der Waals surface area contributed by atoms with Gasteiger partial charge in [-0.05, 0) is 29.6 Å². The molecule has 0 bridgehead atoms. The third-order valence-corrected chi connectivity index (χ3v) is 5.42. The number of hydrogen-bond acceptors (Lipinski definition) is 4. The summed E-state index contributed by atoms with van der Waals surface area (Å²) in [7, 11) is -3.41. The molecule has 4 nitrogen and oxygen atoms in total. The maximum absolute atomic E-state index is 13.7. The fourth-order valence-corrected chi connectivity index (χ4v) is 4.26. The van der Waals surface area contributed by atoms with Crippen molar-refractivity contribution in [2.75, 3.05) is 0 Å². The van der Waals surface area contributed by atoms with Crippen LogP contribution in [0.5, 0.6) is 0 Å². The van der Waals surface area contributed by atoms with Crippen molar-refractivity contribution >= 4 is 21.2 Å². The van der Waals surface area contributed by atoms with E-state index < -0.39 is 15.7 Å². The van der Waals surface area contributed by atoms with Crippen molar-refractivity contribution in [3.8, 4) is 5.69 Å². The molecule has 0 amide bonds. The summed E-state index contributed by atoms with van der Waals surface area (Å²) in [6.45, 7) is 0. The minimum atomic E-state index is -3.41. The van der Waals surface area contributed by atoms with Gasteiger partial charge in [-0.1, -0.05) is 12.1 Å². The maximum Gasteiger partial charge on any atom is 0.184 e. The normalized spacial score (nSPS) is 11.7. The van der Waals surface area contributed by atoms with E-state index >= 15 is 0 Å². The number of hydrogen-bond donors (Lipinski definition) is 0. The monoisotopic (exact) mass is 322 g/mol. The van der Waals surface area contributed by atoms with E-state index in [9.17, 15) is 12.8 Å². The SMILES string of the molecule is O=S(=O)(Cc1ccn(-c2ccccc2F)n1)c1ccsc1. The highest BCUT2D eigenvalue weighted by molar-refractivity contribution is 7.90. The number of rotatable bonds is 4. The minimum absolute atomic E-state index is 0.203. The molecule has 1 aromatic carbocycles. The fourth-order valence-electron chi connectivity index (χ4n) is 1.92. The van der Waals surface area contributed by atoms with E-state index in [0.717, 1.165) is 0 Å². The van der Waals surface area contributed by atoms with Crippen LogP contribution in [-0.4, -0.2) is 18.2 Å². The van der Waals surface area contributed by atoms with Crippen LogP contribution >= 0.6 is 11.3 Å². The van der Waals surface area contributed by atoms with Gasteiger partial charge in [-0.2, -0.15) is 16.4 Å². The van der Waals surface area contributed by atoms with E-state index in [1.54, 1.807) is 47.3 Å². The molecule has 0 unspecified atom stereocenters. The van der Waals surface area contributed by atoms with Gasteiger partial charge in [-0.25, -0.2) is 17.5 Å². The smallest absolute Gasteiger partial charge is 0.184 e. The van der Waals surface area contributed by atoms with Crippen molar-refractivity contribution < 1.29 is 12.8 Å². The van der Waals surface area contributed by atoms with E-state index in [-0.39, 0.29) is 16.3 Å². The Morgan fingerprint density at radius 1 is 1.19 bits per heavy atom. The number of sulfone groups is 1. The standard InChI is InChI=1S/C14H11FN2O2S2/c15-13-3-1-2-4-14(13)17-7-5-11(16-17)10-21(18,19)12-6-8-20-9-12/h1-9H,10H2. The first-order valence-electron chi connectivity index (χ1n) is 6.11. The molecule has 0 aliphatic rings. The first kappa shape index (κ1) is 14.0. The Kier molecular flexibility index (Phi) is 3.60. The molecule has 3 rings (SSSR count). The molecule has 0 N–H and O–H groups in total. The average Bonchev–Trinajstić information content (AvgIpc) is 3.10. The number of para-hydroxylation sites is 1. The number of aromatic nitrogens is 2. The molecule has 0 atom stereocenters. The molecule has 0 saturated carbocycles. The van der Waals surface area contributed by atoms with Crippen LogP contribution in [0.1, 0.15) is 5.69 Å². The summed E-state index contributed by atoms with van der Waals surface area (Å²) in [6, 6.07) is 9.34. The summed E-state index contributed by atoms with van der Waals surface area (Å²) in [4.78, 5) is 0.285. The summed E-state index contributed by atoms with van der Waals surface area (Å²) >= 11 is 1.33. The van der Waals surface area contributed by atoms with Crippen molar-refractivity contribution in [2.24, 2.45) is 0 Å². The topological polar surface area (TPSA) is 52.0 Å². The number of halogens is 1. The van der Waals surface area contributed by atoms with Crippen LogP contribution in [-0.2, 0) is 15.6 Å². The Morgan fingerprint density at radius 2 is 2.00 bits per heavy atom. The van der Waals surface area contributed by atoms with Crippen molar-refractivity contribution in [3.63, 3.8) is 0 Å². The highest BCUT2D eigenvalue weighted by Crippen LogP contribution is 2.19. The molecule has 0 fully saturated rings. The largest absolute Gasteiger partial charge is 0.238 e. The number of benzene rings is 1. The zero-order valence-electron chi connectivity index (χ0n) is 10.8. The summed E-state index contributed by atoms with van der Waals surface area (Å²) in [6.07, 6.45) is 1.55. The first-order chi connectivity index (χ1) is 10.1. The maximum atomic E-state index is 13.7. The van der Waals surface area contributed by atoms with Crippen LogP contribution in [0, 0.1) is 5.82 Å². The van der Waals surface area contributed by atoms with Crippen LogP contribution in [0.2, 0.25) is 0 Å². The Hall–Kier alpha value is -1.99. The van der Waals surface area contributed by atoms with E-state index in [1.807, 2.05) is 0 Å². The van der Waals surface area contributed by atoms with Crippen molar-refractivity contribution in [2.45, 2.75) is 10.6 Å². The van der Waals surface area contributed by atoms with Crippen molar-refractivity contribution in [1.82, 2.24) is 9.78 Å². The van der Waals surface area contributed by atoms with Crippen LogP contribution in [0.15, 0.2) is 58.3 Å². The van der Waals surface area contributed by atoms with Gasteiger partial charge in [-0.15, -0.1) is 0 Å². The Morgan fingerprint density at radius 3 is 2.71 bits per heavy atom. The predicted molar refractivity (Wildman–Crippen MR) is 78.7 cm³/mol. The molecule has 3 aromatic rings. The van der Waals surface area contributed by atoms with Gasteiger partial charge < -0.3 is 0 Å². The highest BCUT2D eigenvalue weighted by Gasteiger charge is 2.17. The van der Waals surface area contributed by atoms with Gasteiger partial charge in [0.15, 0.2) is 9.84 Å². The van der Waals surface area contributed by atoms with Crippen molar-refractivity contribution in [1.29, 1.82) is 0 Å². The Bertz CT molecular complexity index is 855. The second kappa shape index (κ2) is 5.42. The lowest BCUT2D eigenvalue weighted by Crippen LogP contribution is -2.05. The van der Waals surface area contributed by atoms with Crippen LogP contribution < -0.4 is 0 Å². The van der Waals surface area contributed by atoms with Gasteiger partial charge in [0, 0.05) is 11.6 Å². The van der Waals surface area contributed by atoms with E-state index in [0.29, 0.717) is 5.69 Å². The minimum Gasteiger partial charge on any atom is -0.238 e. The lowest BCUT2D eigenvalue weighted by Gasteiger charge is -2.02. The molecule has 0 radical (unpaired) electrons. The quantitative estimate of drug-likeness (QED) is 0.742. The lowest BCUT2D eigenvalue weighted by molar-refractivity contribution is 0.594. The van der Waals surface area contributed by atoms with Crippen LogP contribution in [0.4, 0.5) is 4.39 Å². The third kappa shape index (κ3) is 2.88. The van der Waals surface area contributed by atoms with Gasteiger partial charge in [0.05, 0.1) is 16.3 Å². The molecule has 2 aromatic heterocycles. The number of nitrogens with zero attached hydrogens (tertiary/aromatic N) is 2. The van der Waals surface area contributed by atoms with Crippen molar-refractivity contribution in [3.05, 3.63) is 64.9 Å². The lowest BCUT2D eigenvalue weighted by atomic mass is 10.3. The van der Waals surface area contributed by atoms with Crippen LogP contribution in [0.3, 0.4) is 0 Å². The average molecular weight is 322 g/mol. The summed E-state index contributed by atoms with van der Waals surface area (Å²) < 4.78 is 39.3. The molecule has 0 spiro atoms. The van der Waals surface area contributed by atoms with E-state index in [2.05, 4.69) is 5.10 Å². The zero-order chi connectivity index (χ0) is 14.9. The molecule has 21 heavy (non-hydrogen) atoms. The second-order valence-electron chi connectivity index (χ2n) is 4.42. The summed E-state index contributed by atoms with van der Waals surface area (Å²) in [5.74, 6) is -0.613. The molecule has 0 aliphatic carbocycles. The fraction of sp³-hybridized carbons (Fsp3) is 0.0714. The van der Waals surface area contributed by atoms with Gasteiger partial charge in [0.2, 0.25) is 0 Å². The molecule has 2 heterocycles. The van der Waals surface area contributed by atoms with Gasteiger partial charge >= 0.3 is 0 Å². The Balaban J connectivity index is 1.88. The summed E-state index contributed by atoms with van der Waals surface area (Å²) in [5.41, 5.74) is 0.668. The molecular formula is C14H11FN2O2S2.